The van der Waals surface area contributed by atoms with Crippen molar-refractivity contribution in [3.8, 4) is 0 Å². The van der Waals surface area contributed by atoms with E-state index in [0.717, 1.165) is 5.56 Å². The highest BCUT2D eigenvalue weighted by molar-refractivity contribution is 5.76. The molecule has 70 valence electrons. The molecule has 2 atom stereocenters. The molecule has 0 fully saturated rings. The van der Waals surface area contributed by atoms with Crippen LogP contribution in [-0.4, -0.2) is 17.1 Å². The molecule has 3 nitrogen and oxygen atoms in total. The molecule has 3 heteroatoms. The van der Waals surface area contributed by atoms with Crippen LogP contribution < -0.4 is 5.73 Å². The molecule has 0 heterocycles. The van der Waals surface area contributed by atoms with Gasteiger partial charge >= 0.3 is 5.97 Å². The number of aliphatic carboxylic acids is 1. The normalized spacial score (nSPS) is 14.9. The third-order valence-corrected chi connectivity index (χ3v) is 1.95. The molecule has 1 rings (SSSR count). The first kappa shape index (κ1) is 9.74. The Labute approximate surface area is 77.2 Å². The number of carboxylic acid groups (broad SMARTS) is 1. The van der Waals surface area contributed by atoms with Crippen molar-refractivity contribution < 1.29 is 9.90 Å². The van der Waals surface area contributed by atoms with Gasteiger partial charge in [-0.2, -0.15) is 0 Å². The maximum Gasteiger partial charge on any atom is 0.312 e. The summed E-state index contributed by atoms with van der Waals surface area (Å²) in [7, 11) is 0. The number of rotatable bonds is 3. The molecule has 0 aliphatic carbocycles. The lowest BCUT2D eigenvalue weighted by molar-refractivity contribution is -0.139. The van der Waals surface area contributed by atoms with E-state index in [9.17, 15) is 4.79 Å². The van der Waals surface area contributed by atoms with E-state index in [1.54, 1.807) is 19.1 Å². The van der Waals surface area contributed by atoms with Gasteiger partial charge in [0.2, 0.25) is 0 Å². The summed E-state index contributed by atoms with van der Waals surface area (Å²) in [4.78, 5) is 10.9. The third-order valence-electron chi connectivity index (χ3n) is 1.95. The summed E-state index contributed by atoms with van der Waals surface area (Å²) in [6.07, 6.45) is 0. The van der Waals surface area contributed by atoms with Gasteiger partial charge in [0.05, 0.1) is 5.92 Å². The summed E-state index contributed by atoms with van der Waals surface area (Å²) >= 11 is 0. The Morgan fingerprint density at radius 2 is 1.92 bits per heavy atom. The minimum atomic E-state index is -0.874. The zero-order valence-electron chi connectivity index (χ0n) is 7.47. The Hall–Kier alpha value is -1.35. The van der Waals surface area contributed by atoms with Crippen molar-refractivity contribution in [2.45, 2.75) is 18.9 Å². The summed E-state index contributed by atoms with van der Waals surface area (Å²) in [6, 6.07) is 8.66. The van der Waals surface area contributed by atoms with E-state index < -0.39 is 11.9 Å². The Morgan fingerprint density at radius 3 is 2.31 bits per heavy atom. The summed E-state index contributed by atoms with van der Waals surface area (Å²) in [6.45, 7) is 1.70. The van der Waals surface area contributed by atoms with Crippen LogP contribution in [0.25, 0.3) is 0 Å². The van der Waals surface area contributed by atoms with Gasteiger partial charge in [-0.3, -0.25) is 4.79 Å². The van der Waals surface area contributed by atoms with Crippen LogP contribution in [0, 0.1) is 0 Å². The van der Waals surface area contributed by atoms with Crippen molar-refractivity contribution in [2.75, 3.05) is 0 Å². The van der Waals surface area contributed by atoms with Crippen LogP contribution in [0.4, 0.5) is 0 Å². The smallest absolute Gasteiger partial charge is 0.312 e. The van der Waals surface area contributed by atoms with Crippen molar-refractivity contribution in [2.24, 2.45) is 5.73 Å². The highest BCUT2D eigenvalue weighted by atomic mass is 16.4. The van der Waals surface area contributed by atoms with E-state index in [-0.39, 0.29) is 6.04 Å². The van der Waals surface area contributed by atoms with Gasteiger partial charge in [0.1, 0.15) is 0 Å². The lowest BCUT2D eigenvalue weighted by Gasteiger charge is -2.15. The second-order valence-corrected chi connectivity index (χ2v) is 3.09. The number of benzene rings is 1. The molecule has 0 aliphatic rings. The SMILES string of the molecule is CC(N)[C@H](C(=O)O)c1ccccc1. The van der Waals surface area contributed by atoms with Crippen LogP contribution in [0.3, 0.4) is 0 Å². The van der Waals surface area contributed by atoms with E-state index in [1.807, 2.05) is 18.2 Å². The van der Waals surface area contributed by atoms with Crippen LogP contribution in [0.2, 0.25) is 0 Å². The van der Waals surface area contributed by atoms with Crippen LogP contribution in [0.1, 0.15) is 18.4 Å². The maximum absolute atomic E-state index is 10.9. The molecule has 0 saturated heterocycles. The molecule has 0 aliphatic heterocycles. The Balaban J connectivity index is 2.96. The monoisotopic (exact) mass is 179 g/mol. The van der Waals surface area contributed by atoms with Gasteiger partial charge in [-0.1, -0.05) is 30.3 Å². The van der Waals surface area contributed by atoms with Gasteiger partial charge in [0.15, 0.2) is 0 Å². The first-order chi connectivity index (χ1) is 6.13. The molecule has 1 aromatic rings. The molecule has 1 unspecified atom stereocenters. The number of hydrogen-bond acceptors (Lipinski definition) is 2. The first-order valence-corrected chi connectivity index (χ1v) is 4.16. The topological polar surface area (TPSA) is 63.3 Å². The summed E-state index contributed by atoms with van der Waals surface area (Å²) < 4.78 is 0. The first-order valence-electron chi connectivity index (χ1n) is 4.16. The number of carboxylic acids is 1. The molecule has 0 bridgehead atoms. The van der Waals surface area contributed by atoms with Crippen LogP contribution in [0.15, 0.2) is 30.3 Å². The van der Waals surface area contributed by atoms with Gasteiger partial charge in [0.25, 0.3) is 0 Å². The van der Waals surface area contributed by atoms with E-state index in [0.29, 0.717) is 0 Å². The molecule has 1 aromatic carbocycles. The summed E-state index contributed by atoms with van der Waals surface area (Å²) in [5.41, 5.74) is 6.34. The van der Waals surface area contributed by atoms with E-state index in [4.69, 9.17) is 10.8 Å². The fourth-order valence-electron chi connectivity index (χ4n) is 1.33. The zero-order chi connectivity index (χ0) is 9.84. The molecule has 0 amide bonds. The lowest BCUT2D eigenvalue weighted by Crippen LogP contribution is -2.30. The van der Waals surface area contributed by atoms with Crippen LogP contribution >= 0.6 is 0 Å². The van der Waals surface area contributed by atoms with Gasteiger partial charge in [-0.25, -0.2) is 0 Å². The highest BCUT2D eigenvalue weighted by Crippen LogP contribution is 2.18. The van der Waals surface area contributed by atoms with Gasteiger partial charge in [0, 0.05) is 6.04 Å². The second kappa shape index (κ2) is 4.05. The maximum atomic E-state index is 10.9. The van der Waals surface area contributed by atoms with Crippen LogP contribution in [-0.2, 0) is 4.79 Å². The molecule has 0 spiro atoms. The summed E-state index contributed by atoms with van der Waals surface area (Å²) in [5.74, 6) is -1.48. The standard InChI is InChI=1S/C10H13NO2/c1-7(11)9(10(12)13)8-5-3-2-4-6-8/h2-7,9H,11H2,1H3,(H,12,13)/t7?,9-/m0/s1. The zero-order valence-corrected chi connectivity index (χ0v) is 7.47. The van der Waals surface area contributed by atoms with Crippen molar-refractivity contribution in [1.29, 1.82) is 0 Å². The Bertz CT molecular complexity index is 282. The van der Waals surface area contributed by atoms with Crippen molar-refractivity contribution >= 4 is 5.97 Å². The van der Waals surface area contributed by atoms with E-state index >= 15 is 0 Å². The molecule has 3 N–H and O–H groups in total. The Kier molecular flexibility index (Phi) is 3.03. The van der Waals surface area contributed by atoms with Gasteiger partial charge < -0.3 is 10.8 Å². The summed E-state index contributed by atoms with van der Waals surface area (Å²) in [5, 5.41) is 8.92. The second-order valence-electron chi connectivity index (χ2n) is 3.09. The minimum Gasteiger partial charge on any atom is -0.481 e. The molecule has 0 radical (unpaired) electrons. The lowest BCUT2D eigenvalue weighted by atomic mass is 9.93. The minimum absolute atomic E-state index is 0.375. The largest absolute Gasteiger partial charge is 0.481 e. The number of nitrogens with two attached hydrogens (primary N) is 1. The molecule has 0 aromatic heterocycles. The number of carbonyl (C=O) groups is 1. The van der Waals surface area contributed by atoms with E-state index in [2.05, 4.69) is 0 Å². The fourth-order valence-corrected chi connectivity index (χ4v) is 1.33. The van der Waals surface area contributed by atoms with Crippen LogP contribution in [0.5, 0.6) is 0 Å². The predicted molar refractivity (Wildman–Crippen MR) is 50.5 cm³/mol. The Morgan fingerprint density at radius 1 is 1.38 bits per heavy atom. The quantitative estimate of drug-likeness (QED) is 0.732. The van der Waals surface area contributed by atoms with Crippen molar-refractivity contribution in [3.63, 3.8) is 0 Å². The van der Waals surface area contributed by atoms with Crippen molar-refractivity contribution in [3.05, 3.63) is 35.9 Å². The molecular formula is C10H13NO2. The number of hydrogen-bond donors (Lipinski definition) is 2. The van der Waals surface area contributed by atoms with E-state index in [1.165, 1.54) is 0 Å². The highest BCUT2D eigenvalue weighted by Gasteiger charge is 2.23. The predicted octanol–water partition coefficient (Wildman–Crippen LogP) is 1.20. The van der Waals surface area contributed by atoms with Crippen molar-refractivity contribution in [1.82, 2.24) is 0 Å². The molecule has 0 saturated carbocycles. The molecular weight excluding hydrogens is 166 g/mol. The van der Waals surface area contributed by atoms with Gasteiger partial charge in [-0.05, 0) is 12.5 Å². The van der Waals surface area contributed by atoms with Gasteiger partial charge in [-0.15, -0.1) is 0 Å². The fraction of sp³-hybridized carbons (Fsp3) is 0.300. The average Bonchev–Trinajstić information content (AvgIpc) is 2.04. The third kappa shape index (κ3) is 2.29. The average molecular weight is 179 g/mol. The molecule has 13 heavy (non-hydrogen) atoms.